The number of methoxy groups -OCH3 is 1. The van der Waals surface area contributed by atoms with Gasteiger partial charge in [0.25, 0.3) is 0 Å². The van der Waals surface area contributed by atoms with E-state index in [0.717, 1.165) is 31.9 Å². The van der Waals surface area contributed by atoms with Gasteiger partial charge in [-0.1, -0.05) is 15.9 Å². The van der Waals surface area contributed by atoms with Crippen molar-refractivity contribution in [3.05, 3.63) is 12.3 Å². The van der Waals surface area contributed by atoms with Gasteiger partial charge in [-0.2, -0.15) is 4.98 Å². The van der Waals surface area contributed by atoms with Crippen LogP contribution in [0.4, 0.5) is 5.95 Å². The number of halogens is 1. The Morgan fingerprint density at radius 3 is 2.87 bits per heavy atom. The summed E-state index contributed by atoms with van der Waals surface area (Å²) >= 11 is 3.62. The predicted octanol–water partition coefficient (Wildman–Crippen LogP) is 1.85. The summed E-state index contributed by atoms with van der Waals surface area (Å²) in [6.07, 6.45) is 4.02. The van der Waals surface area contributed by atoms with Crippen molar-refractivity contribution < 1.29 is 4.74 Å². The van der Waals surface area contributed by atoms with E-state index < -0.39 is 0 Å². The van der Waals surface area contributed by atoms with Gasteiger partial charge < -0.3 is 9.64 Å². The molecule has 1 aromatic rings. The van der Waals surface area contributed by atoms with Crippen LogP contribution in [0.25, 0.3) is 0 Å². The summed E-state index contributed by atoms with van der Waals surface area (Å²) in [6.45, 7) is 2.01. The molecule has 2 heterocycles. The Hall–Kier alpha value is -0.840. The van der Waals surface area contributed by atoms with E-state index in [-0.39, 0.29) is 0 Å². The van der Waals surface area contributed by atoms with Crippen molar-refractivity contribution in [1.82, 2.24) is 9.97 Å². The lowest BCUT2D eigenvalue weighted by Gasteiger charge is -2.29. The van der Waals surface area contributed by atoms with Crippen LogP contribution in [0.5, 0.6) is 5.88 Å². The van der Waals surface area contributed by atoms with Gasteiger partial charge in [-0.25, -0.2) is 4.98 Å². The SMILES string of the molecule is COc1ccnc(N2CCC(Br)CC2)n1. The molecule has 0 spiro atoms. The molecule has 1 fully saturated rings. The average Bonchev–Trinajstić information content (AvgIpc) is 2.30. The van der Waals surface area contributed by atoms with Gasteiger partial charge in [0, 0.05) is 30.2 Å². The topological polar surface area (TPSA) is 38.2 Å². The molecular formula is C10H14BrN3O. The molecule has 1 aromatic heterocycles. The van der Waals surface area contributed by atoms with Crippen LogP contribution in [0.3, 0.4) is 0 Å². The predicted molar refractivity (Wildman–Crippen MR) is 62.7 cm³/mol. The number of hydrogen-bond acceptors (Lipinski definition) is 4. The van der Waals surface area contributed by atoms with Crippen LogP contribution in [0.15, 0.2) is 12.3 Å². The number of aromatic nitrogens is 2. The van der Waals surface area contributed by atoms with E-state index in [1.54, 1.807) is 19.4 Å². The molecule has 0 atom stereocenters. The zero-order valence-corrected chi connectivity index (χ0v) is 10.3. The Labute approximate surface area is 97.8 Å². The molecule has 0 aromatic carbocycles. The van der Waals surface area contributed by atoms with Crippen molar-refractivity contribution in [2.75, 3.05) is 25.1 Å². The molecule has 1 aliphatic heterocycles. The van der Waals surface area contributed by atoms with Crippen LogP contribution in [-0.2, 0) is 0 Å². The number of anilines is 1. The van der Waals surface area contributed by atoms with Crippen molar-refractivity contribution in [2.24, 2.45) is 0 Å². The fourth-order valence-corrected chi connectivity index (χ4v) is 2.06. The maximum Gasteiger partial charge on any atom is 0.228 e. The summed E-state index contributed by atoms with van der Waals surface area (Å²) < 4.78 is 5.08. The van der Waals surface area contributed by atoms with Crippen molar-refractivity contribution >= 4 is 21.9 Å². The van der Waals surface area contributed by atoms with Crippen LogP contribution in [0, 0.1) is 0 Å². The first kappa shape index (κ1) is 10.7. The first-order valence-corrected chi connectivity index (χ1v) is 5.97. The average molecular weight is 272 g/mol. The molecule has 82 valence electrons. The van der Waals surface area contributed by atoms with E-state index >= 15 is 0 Å². The molecule has 0 radical (unpaired) electrons. The third-order valence-electron chi connectivity index (χ3n) is 2.53. The van der Waals surface area contributed by atoms with Crippen molar-refractivity contribution in [3.8, 4) is 5.88 Å². The smallest absolute Gasteiger partial charge is 0.228 e. The number of nitrogens with zero attached hydrogens (tertiary/aromatic N) is 3. The van der Waals surface area contributed by atoms with E-state index in [1.807, 2.05) is 0 Å². The van der Waals surface area contributed by atoms with E-state index in [2.05, 4.69) is 30.8 Å². The molecule has 0 amide bonds. The maximum absolute atomic E-state index is 5.08. The van der Waals surface area contributed by atoms with Gasteiger partial charge in [0.05, 0.1) is 7.11 Å². The summed E-state index contributed by atoms with van der Waals surface area (Å²) in [5, 5.41) is 0. The quantitative estimate of drug-likeness (QED) is 0.770. The lowest BCUT2D eigenvalue weighted by Crippen LogP contribution is -2.35. The number of ether oxygens (including phenoxy) is 1. The number of hydrogen-bond donors (Lipinski definition) is 0. The fraction of sp³-hybridized carbons (Fsp3) is 0.600. The fourth-order valence-electron chi connectivity index (χ4n) is 1.65. The highest BCUT2D eigenvalue weighted by Gasteiger charge is 2.18. The highest BCUT2D eigenvalue weighted by Crippen LogP contribution is 2.21. The third-order valence-corrected chi connectivity index (χ3v) is 3.45. The van der Waals surface area contributed by atoms with Crippen LogP contribution in [0.2, 0.25) is 0 Å². The number of alkyl halides is 1. The van der Waals surface area contributed by atoms with Gasteiger partial charge in [0.1, 0.15) is 0 Å². The van der Waals surface area contributed by atoms with E-state index in [0.29, 0.717) is 10.7 Å². The molecule has 0 unspecified atom stereocenters. The minimum Gasteiger partial charge on any atom is -0.481 e. The molecule has 2 rings (SSSR count). The normalized spacial score (nSPS) is 17.9. The Morgan fingerprint density at radius 1 is 1.47 bits per heavy atom. The first-order valence-electron chi connectivity index (χ1n) is 5.05. The van der Waals surface area contributed by atoms with E-state index in [1.165, 1.54) is 0 Å². The number of rotatable bonds is 2. The largest absolute Gasteiger partial charge is 0.481 e. The van der Waals surface area contributed by atoms with Crippen molar-refractivity contribution in [3.63, 3.8) is 0 Å². The van der Waals surface area contributed by atoms with E-state index in [4.69, 9.17) is 4.74 Å². The lowest BCUT2D eigenvalue weighted by molar-refractivity contribution is 0.396. The molecule has 0 aliphatic carbocycles. The highest BCUT2D eigenvalue weighted by molar-refractivity contribution is 9.09. The Bertz CT molecular complexity index is 326. The molecule has 5 heteroatoms. The van der Waals surface area contributed by atoms with Gasteiger partial charge in [0.2, 0.25) is 11.8 Å². The molecule has 0 saturated carbocycles. The van der Waals surface area contributed by atoms with Gasteiger partial charge in [-0.05, 0) is 12.8 Å². The molecule has 4 nitrogen and oxygen atoms in total. The van der Waals surface area contributed by atoms with Crippen LogP contribution >= 0.6 is 15.9 Å². The minimum absolute atomic E-state index is 0.626. The van der Waals surface area contributed by atoms with Gasteiger partial charge in [-0.15, -0.1) is 0 Å². The Kier molecular flexibility index (Phi) is 3.41. The van der Waals surface area contributed by atoms with Crippen molar-refractivity contribution in [2.45, 2.75) is 17.7 Å². The van der Waals surface area contributed by atoms with E-state index in [9.17, 15) is 0 Å². The highest BCUT2D eigenvalue weighted by atomic mass is 79.9. The second kappa shape index (κ2) is 4.79. The zero-order chi connectivity index (χ0) is 10.7. The first-order chi connectivity index (χ1) is 7.29. The third kappa shape index (κ3) is 2.59. The monoisotopic (exact) mass is 271 g/mol. The lowest BCUT2D eigenvalue weighted by atomic mass is 10.1. The standard InChI is InChI=1S/C10H14BrN3O/c1-15-9-2-5-12-10(13-9)14-6-3-8(11)4-7-14/h2,5,8H,3-4,6-7H2,1H3. The van der Waals surface area contributed by atoms with Gasteiger partial charge >= 0.3 is 0 Å². The Morgan fingerprint density at radius 2 is 2.20 bits per heavy atom. The molecule has 0 bridgehead atoms. The summed E-state index contributed by atoms with van der Waals surface area (Å²) in [4.78, 5) is 11.4. The summed E-state index contributed by atoms with van der Waals surface area (Å²) in [5.74, 6) is 1.40. The van der Waals surface area contributed by atoms with Crippen LogP contribution in [-0.4, -0.2) is 35.0 Å². The molecule has 15 heavy (non-hydrogen) atoms. The van der Waals surface area contributed by atoms with Gasteiger partial charge in [0.15, 0.2) is 0 Å². The second-order valence-electron chi connectivity index (χ2n) is 3.56. The summed E-state index contributed by atoms with van der Waals surface area (Å²) in [6, 6.07) is 1.76. The zero-order valence-electron chi connectivity index (χ0n) is 8.69. The summed E-state index contributed by atoms with van der Waals surface area (Å²) in [7, 11) is 1.62. The minimum atomic E-state index is 0.626. The van der Waals surface area contributed by atoms with Crippen LogP contribution in [0.1, 0.15) is 12.8 Å². The second-order valence-corrected chi connectivity index (χ2v) is 4.86. The molecule has 0 N–H and O–H groups in total. The maximum atomic E-state index is 5.08. The molecule has 1 aliphatic rings. The molecule has 1 saturated heterocycles. The summed E-state index contributed by atoms with van der Waals surface area (Å²) in [5.41, 5.74) is 0. The Balaban J connectivity index is 2.08. The van der Waals surface area contributed by atoms with Crippen molar-refractivity contribution in [1.29, 1.82) is 0 Å². The molecular weight excluding hydrogens is 258 g/mol. The number of piperidine rings is 1. The van der Waals surface area contributed by atoms with Gasteiger partial charge in [-0.3, -0.25) is 0 Å². The van der Waals surface area contributed by atoms with Crippen LogP contribution < -0.4 is 9.64 Å².